The van der Waals surface area contributed by atoms with Gasteiger partial charge in [0.15, 0.2) is 0 Å². The van der Waals surface area contributed by atoms with E-state index in [-0.39, 0.29) is 0 Å². The third-order valence-electron chi connectivity index (χ3n) is 3.48. The Bertz CT molecular complexity index is 548. The lowest BCUT2D eigenvalue weighted by atomic mass is 10.0. The molecule has 1 atom stereocenters. The SMILES string of the molecule is Clc1ccccc1-c1cnc(C2CCCCN2)nc1. The molecule has 0 bridgehead atoms. The van der Waals surface area contributed by atoms with E-state index < -0.39 is 0 Å². The molecule has 1 aliphatic heterocycles. The molecule has 0 amide bonds. The number of halogens is 1. The van der Waals surface area contributed by atoms with Crippen LogP contribution in [0.3, 0.4) is 0 Å². The number of hydrogen-bond acceptors (Lipinski definition) is 3. The van der Waals surface area contributed by atoms with Crippen LogP contribution < -0.4 is 5.32 Å². The van der Waals surface area contributed by atoms with Crippen molar-refractivity contribution in [3.8, 4) is 11.1 Å². The molecule has 4 heteroatoms. The van der Waals surface area contributed by atoms with E-state index in [9.17, 15) is 0 Å². The topological polar surface area (TPSA) is 37.8 Å². The summed E-state index contributed by atoms with van der Waals surface area (Å²) in [5, 5.41) is 4.19. The van der Waals surface area contributed by atoms with Gasteiger partial charge < -0.3 is 5.32 Å². The van der Waals surface area contributed by atoms with E-state index >= 15 is 0 Å². The molecule has 1 fully saturated rings. The minimum atomic E-state index is 0.300. The van der Waals surface area contributed by atoms with Crippen LogP contribution in [0, 0.1) is 0 Å². The first kappa shape index (κ1) is 12.6. The molecule has 0 aliphatic carbocycles. The van der Waals surface area contributed by atoms with Gasteiger partial charge in [0, 0.05) is 28.5 Å². The van der Waals surface area contributed by atoms with Crippen LogP contribution in [0.25, 0.3) is 11.1 Å². The van der Waals surface area contributed by atoms with Gasteiger partial charge in [0.05, 0.1) is 6.04 Å². The molecular weight excluding hydrogens is 258 g/mol. The van der Waals surface area contributed by atoms with Crippen LogP contribution in [0.1, 0.15) is 31.1 Å². The lowest BCUT2D eigenvalue weighted by molar-refractivity contribution is 0.397. The first-order valence-corrected chi connectivity index (χ1v) is 7.02. The summed E-state index contributed by atoms with van der Waals surface area (Å²) in [6.45, 7) is 1.06. The Hall–Kier alpha value is -1.45. The van der Waals surface area contributed by atoms with Crippen LogP contribution in [0.4, 0.5) is 0 Å². The van der Waals surface area contributed by atoms with E-state index in [0.717, 1.165) is 34.9 Å². The van der Waals surface area contributed by atoms with Crippen LogP contribution in [0.2, 0.25) is 5.02 Å². The van der Waals surface area contributed by atoms with Gasteiger partial charge in [0.1, 0.15) is 5.82 Å². The molecule has 1 saturated heterocycles. The van der Waals surface area contributed by atoms with Crippen molar-refractivity contribution in [3.63, 3.8) is 0 Å². The maximum Gasteiger partial charge on any atom is 0.145 e. The maximum atomic E-state index is 6.18. The molecule has 2 heterocycles. The standard InChI is InChI=1S/C15H16ClN3/c16-13-6-2-1-5-12(13)11-9-18-15(19-10-11)14-7-3-4-8-17-14/h1-2,5-6,9-10,14,17H,3-4,7-8H2. The number of benzene rings is 1. The highest BCUT2D eigenvalue weighted by atomic mass is 35.5. The van der Waals surface area contributed by atoms with Crippen LogP contribution in [0.15, 0.2) is 36.7 Å². The van der Waals surface area contributed by atoms with Gasteiger partial charge in [-0.15, -0.1) is 0 Å². The lowest BCUT2D eigenvalue weighted by Crippen LogP contribution is -2.28. The van der Waals surface area contributed by atoms with Gasteiger partial charge in [-0.05, 0) is 25.5 Å². The Morgan fingerprint density at radius 3 is 2.58 bits per heavy atom. The van der Waals surface area contributed by atoms with Crippen LogP contribution in [-0.4, -0.2) is 16.5 Å². The molecule has 1 aromatic carbocycles. The summed E-state index contributed by atoms with van der Waals surface area (Å²) in [5.74, 6) is 0.885. The molecule has 3 rings (SSSR count). The first-order chi connectivity index (χ1) is 9.34. The van der Waals surface area contributed by atoms with Gasteiger partial charge in [0.2, 0.25) is 0 Å². The van der Waals surface area contributed by atoms with Gasteiger partial charge in [-0.25, -0.2) is 9.97 Å². The Kier molecular flexibility index (Phi) is 3.76. The van der Waals surface area contributed by atoms with Crippen molar-refractivity contribution in [2.45, 2.75) is 25.3 Å². The second kappa shape index (κ2) is 5.68. The molecule has 19 heavy (non-hydrogen) atoms. The fourth-order valence-electron chi connectivity index (χ4n) is 2.42. The van der Waals surface area contributed by atoms with Crippen molar-refractivity contribution in [3.05, 3.63) is 47.5 Å². The van der Waals surface area contributed by atoms with Crippen molar-refractivity contribution in [2.75, 3.05) is 6.54 Å². The predicted octanol–water partition coefficient (Wildman–Crippen LogP) is 3.61. The zero-order chi connectivity index (χ0) is 13.1. The average molecular weight is 274 g/mol. The minimum Gasteiger partial charge on any atom is -0.307 e. The highest BCUT2D eigenvalue weighted by molar-refractivity contribution is 6.33. The molecular formula is C15H16ClN3. The molecule has 98 valence electrons. The number of aromatic nitrogens is 2. The molecule has 1 N–H and O–H groups in total. The Morgan fingerprint density at radius 2 is 1.89 bits per heavy atom. The third kappa shape index (κ3) is 2.77. The summed E-state index contributed by atoms with van der Waals surface area (Å²) in [5.41, 5.74) is 1.94. The van der Waals surface area contributed by atoms with Gasteiger partial charge >= 0.3 is 0 Å². The van der Waals surface area contributed by atoms with Gasteiger partial charge in [-0.1, -0.05) is 36.2 Å². The molecule has 2 aromatic rings. The van der Waals surface area contributed by atoms with Gasteiger partial charge in [-0.3, -0.25) is 0 Å². The molecule has 0 radical (unpaired) electrons. The number of hydrogen-bond donors (Lipinski definition) is 1. The van der Waals surface area contributed by atoms with E-state index in [2.05, 4.69) is 15.3 Å². The molecule has 1 aromatic heterocycles. The van der Waals surface area contributed by atoms with E-state index in [4.69, 9.17) is 11.6 Å². The Labute approximate surface area is 118 Å². The number of piperidine rings is 1. The second-order valence-electron chi connectivity index (χ2n) is 4.81. The lowest BCUT2D eigenvalue weighted by Gasteiger charge is -2.22. The monoisotopic (exact) mass is 273 g/mol. The van der Waals surface area contributed by atoms with E-state index in [1.165, 1.54) is 12.8 Å². The average Bonchev–Trinajstić information content (AvgIpc) is 2.49. The highest BCUT2D eigenvalue weighted by Gasteiger charge is 2.17. The molecule has 3 nitrogen and oxygen atoms in total. The molecule has 1 aliphatic rings. The summed E-state index contributed by atoms with van der Waals surface area (Å²) >= 11 is 6.18. The number of rotatable bonds is 2. The van der Waals surface area contributed by atoms with E-state index in [0.29, 0.717) is 6.04 Å². The fourth-order valence-corrected chi connectivity index (χ4v) is 2.67. The molecule has 1 unspecified atom stereocenters. The molecule has 0 spiro atoms. The predicted molar refractivity (Wildman–Crippen MR) is 77.1 cm³/mol. The van der Waals surface area contributed by atoms with Crippen molar-refractivity contribution in [1.82, 2.24) is 15.3 Å². The fraction of sp³-hybridized carbons (Fsp3) is 0.333. The normalized spacial score (nSPS) is 19.3. The summed E-state index contributed by atoms with van der Waals surface area (Å²) in [6, 6.07) is 8.06. The van der Waals surface area contributed by atoms with Crippen molar-refractivity contribution >= 4 is 11.6 Å². The second-order valence-corrected chi connectivity index (χ2v) is 5.22. The number of nitrogens with zero attached hydrogens (tertiary/aromatic N) is 2. The molecule has 0 saturated carbocycles. The van der Waals surface area contributed by atoms with Gasteiger partial charge in [-0.2, -0.15) is 0 Å². The van der Waals surface area contributed by atoms with Crippen molar-refractivity contribution < 1.29 is 0 Å². The van der Waals surface area contributed by atoms with Gasteiger partial charge in [0.25, 0.3) is 0 Å². The van der Waals surface area contributed by atoms with Crippen LogP contribution >= 0.6 is 11.6 Å². The number of nitrogens with one attached hydrogen (secondary N) is 1. The van der Waals surface area contributed by atoms with E-state index in [1.54, 1.807) is 0 Å². The maximum absolute atomic E-state index is 6.18. The van der Waals surface area contributed by atoms with Crippen molar-refractivity contribution in [1.29, 1.82) is 0 Å². The smallest absolute Gasteiger partial charge is 0.145 e. The summed E-state index contributed by atoms with van der Waals surface area (Å²) in [6.07, 6.45) is 7.33. The summed E-state index contributed by atoms with van der Waals surface area (Å²) in [4.78, 5) is 8.98. The minimum absolute atomic E-state index is 0.300. The zero-order valence-electron chi connectivity index (χ0n) is 10.6. The highest BCUT2D eigenvalue weighted by Crippen LogP contribution is 2.27. The van der Waals surface area contributed by atoms with E-state index in [1.807, 2.05) is 36.7 Å². The third-order valence-corrected chi connectivity index (χ3v) is 3.81. The van der Waals surface area contributed by atoms with Crippen LogP contribution in [-0.2, 0) is 0 Å². The Morgan fingerprint density at radius 1 is 1.11 bits per heavy atom. The summed E-state index contributed by atoms with van der Waals surface area (Å²) in [7, 11) is 0. The van der Waals surface area contributed by atoms with Crippen molar-refractivity contribution in [2.24, 2.45) is 0 Å². The quantitative estimate of drug-likeness (QED) is 0.908. The largest absolute Gasteiger partial charge is 0.307 e. The first-order valence-electron chi connectivity index (χ1n) is 6.65. The van der Waals surface area contributed by atoms with Crippen LogP contribution in [0.5, 0.6) is 0 Å². The summed E-state index contributed by atoms with van der Waals surface area (Å²) < 4.78 is 0. The Balaban J connectivity index is 1.84. The zero-order valence-corrected chi connectivity index (χ0v) is 11.4.